The first-order valence-corrected chi connectivity index (χ1v) is 5.64. The molecule has 16 heavy (non-hydrogen) atoms. The first-order chi connectivity index (χ1) is 7.93. The molecule has 1 N–H and O–H groups in total. The summed E-state index contributed by atoms with van der Waals surface area (Å²) >= 11 is 1.22. The third kappa shape index (κ3) is 1.82. The molecule has 3 heterocycles. The van der Waals surface area contributed by atoms with Gasteiger partial charge >= 0.3 is 0 Å². The van der Waals surface area contributed by atoms with Crippen molar-refractivity contribution in [1.29, 1.82) is 0 Å². The fraction of sp³-hybridized carbons (Fsp3) is 0.500. The Kier molecular flexibility index (Phi) is 2.60. The minimum Gasteiger partial charge on any atom is -0.367 e. The van der Waals surface area contributed by atoms with E-state index in [9.17, 15) is 0 Å². The Bertz CT molecular complexity index is 451. The molecular formula is C8H9N5O2S. The Balaban J connectivity index is 1.82. The highest BCUT2D eigenvalue weighted by atomic mass is 32.1. The van der Waals surface area contributed by atoms with Crippen LogP contribution in [0.5, 0.6) is 0 Å². The van der Waals surface area contributed by atoms with Crippen molar-refractivity contribution >= 4 is 11.5 Å². The van der Waals surface area contributed by atoms with Crippen LogP contribution < -0.4 is 5.32 Å². The van der Waals surface area contributed by atoms with E-state index in [4.69, 9.17) is 9.26 Å². The third-order valence-corrected chi connectivity index (χ3v) is 2.88. The summed E-state index contributed by atoms with van der Waals surface area (Å²) < 4.78 is 14.4. The molecular weight excluding hydrogens is 230 g/mol. The van der Waals surface area contributed by atoms with Gasteiger partial charge in [0.1, 0.15) is 11.0 Å². The predicted molar refractivity (Wildman–Crippen MR) is 54.8 cm³/mol. The van der Waals surface area contributed by atoms with Crippen LogP contribution in [0.2, 0.25) is 0 Å². The Morgan fingerprint density at radius 1 is 1.50 bits per heavy atom. The van der Waals surface area contributed by atoms with Gasteiger partial charge in [-0.1, -0.05) is 9.64 Å². The van der Waals surface area contributed by atoms with E-state index in [1.54, 1.807) is 6.20 Å². The van der Waals surface area contributed by atoms with Crippen molar-refractivity contribution < 1.29 is 9.26 Å². The van der Waals surface area contributed by atoms with E-state index in [1.165, 1.54) is 11.5 Å². The smallest absolute Gasteiger partial charge is 0.271 e. The van der Waals surface area contributed by atoms with Crippen molar-refractivity contribution in [1.82, 2.24) is 25.0 Å². The van der Waals surface area contributed by atoms with Gasteiger partial charge in [-0.3, -0.25) is 0 Å². The van der Waals surface area contributed by atoms with Gasteiger partial charge in [-0.25, -0.2) is 0 Å². The maximum Gasteiger partial charge on any atom is 0.271 e. The summed E-state index contributed by atoms with van der Waals surface area (Å²) in [6.45, 7) is 2.23. The lowest BCUT2D eigenvalue weighted by atomic mass is 10.3. The van der Waals surface area contributed by atoms with Crippen LogP contribution in [0.15, 0.2) is 10.7 Å². The maximum absolute atomic E-state index is 5.52. The number of hydrogen-bond acceptors (Lipinski definition) is 8. The molecule has 3 rings (SSSR count). The monoisotopic (exact) mass is 239 g/mol. The van der Waals surface area contributed by atoms with E-state index in [2.05, 4.69) is 25.0 Å². The zero-order chi connectivity index (χ0) is 10.8. The van der Waals surface area contributed by atoms with Gasteiger partial charge in [0, 0.05) is 13.1 Å². The summed E-state index contributed by atoms with van der Waals surface area (Å²) in [6, 6.07) is 0. The van der Waals surface area contributed by atoms with Crippen LogP contribution in [0.3, 0.4) is 0 Å². The number of hydrogen-bond donors (Lipinski definition) is 1. The van der Waals surface area contributed by atoms with Crippen LogP contribution in [0.4, 0.5) is 0 Å². The molecule has 0 bridgehead atoms. The molecule has 0 amide bonds. The predicted octanol–water partition coefficient (Wildman–Crippen LogP) is 0.249. The lowest BCUT2D eigenvalue weighted by Gasteiger charge is -2.20. The van der Waals surface area contributed by atoms with Crippen molar-refractivity contribution in [2.45, 2.75) is 6.10 Å². The largest absolute Gasteiger partial charge is 0.367 e. The normalized spacial score (nSPS) is 21.1. The highest BCUT2D eigenvalue weighted by Crippen LogP contribution is 2.22. The number of nitrogens with zero attached hydrogens (tertiary/aromatic N) is 4. The molecule has 1 saturated heterocycles. The summed E-state index contributed by atoms with van der Waals surface area (Å²) in [5.41, 5.74) is 0. The standard InChI is InChI=1S/C8H9N5O2S/c1-2-14-5(3-9-1)7-11-8(15-12-7)6-4-10-13-16-6/h4-5,9H,1-3H2. The molecule has 1 atom stereocenters. The molecule has 8 heteroatoms. The molecule has 0 aromatic carbocycles. The fourth-order valence-corrected chi connectivity index (χ4v) is 1.90. The number of rotatable bonds is 2. The summed E-state index contributed by atoms with van der Waals surface area (Å²) in [7, 11) is 0. The molecule has 2 aromatic heterocycles. The quantitative estimate of drug-likeness (QED) is 0.803. The number of ether oxygens (including phenoxy) is 1. The maximum atomic E-state index is 5.52. The van der Waals surface area contributed by atoms with Gasteiger partial charge < -0.3 is 14.6 Å². The van der Waals surface area contributed by atoms with Crippen molar-refractivity contribution in [3.05, 3.63) is 12.0 Å². The van der Waals surface area contributed by atoms with Crippen molar-refractivity contribution in [3.8, 4) is 10.8 Å². The zero-order valence-corrected chi connectivity index (χ0v) is 9.11. The van der Waals surface area contributed by atoms with Crippen LogP contribution in [-0.2, 0) is 4.74 Å². The summed E-state index contributed by atoms with van der Waals surface area (Å²) in [4.78, 5) is 5.03. The molecule has 0 radical (unpaired) electrons. The van der Waals surface area contributed by atoms with Crippen LogP contribution in [0.25, 0.3) is 10.8 Å². The van der Waals surface area contributed by atoms with Gasteiger partial charge in [-0.2, -0.15) is 4.98 Å². The van der Waals surface area contributed by atoms with E-state index < -0.39 is 0 Å². The summed E-state index contributed by atoms with van der Waals surface area (Å²) in [5.74, 6) is 1.01. The minimum atomic E-state index is -0.132. The average Bonchev–Trinajstić information content (AvgIpc) is 3.01. The van der Waals surface area contributed by atoms with Gasteiger partial charge in [0.2, 0.25) is 5.82 Å². The second-order valence-corrected chi connectivity index (χ2v) is 4.09. The summed E-state index contributed by atoms with van der Waals surface area (Å²) in [5, 5.41) is 10.8. The second kappa shape index (κ2) is 4.24. The van der Waals surface area contributed by atoms with E-state index in [0.29, 0.717) is 24.9 Å². The number of aromatic nitrogens is 4. The van der Waals surface area contributed by atoms with Crippen molar-refractivity contribution in [3.63, 3.8) is 0 Å². The SMILES string of the molecule is c1nnsc1-c1nc(C2CNCCO2)no1. The highest BCUT2D eigenvalue weighted by Gasteiger charge is 2.22. The van der Waals surface area contributed by atoms with E-state index >= 15 is 0 Å². The topological polar surface area (TPSA) is 86.0 Å². The van der Waals surface area contributed by atoms with Gasteiger partial charge in [-0.05, 0) is 11.5 Å². The fourth-order valence-electron chi connectivity index (χ4n) is 1.46. The van der Waals surface area contributed by atoms with E-state index in [1.807, 2.05) is 0 Å². The first kappa shape index (κ1) is 9.82. The third-order valence-electron chi connectivity index (χ3n) is 2.23. The van der Waals surface area contributed by atoms with Crippen molar-refractivity contribution in [2.24, 2.45) is 0 Å². The molecule has 0 saturated carbocycles. The zero-order valence-electron chi connectivity index (χ0n) is 8.29. The molecule has 1 fully saturated rings. The van der Waals surface area contributed by atoms with Crippen LogP contribution >= 0.6 is 11.5 Å². The lowest BCUT2D eigenvalue weighted by Crippen LogP contribution is -2.33. The lowest BCUT2D eigenvalue weighted by molar-refractivity contribution is 0.0208. The van der Waals surface area contributed by atoms with E-state index in [-0.39, 0.29) is 6.10 Å². The first-order valence-electron chi connectivity index (χ1n) is 4.87. The van der Waals surface area contributed by atoms with Crippen molar-refractivity contribution in [2.75, 3.05) is 19.7 Å². The summed E-state index contributed by atoms with van der Waals surface area (Å²) in [6.07, 6.45) is 1.47. The number of morpholine rings is 1. The van der Waals surface area contributed by atoms with Gasteiger partial charge in [0.15, 0.2) is 0 Å². The van der Waals surface area contributed by atoms with Crippen LogP contribution in [-0.4, -0.2) is 39.4 Å². The molecule has 1 aliphatic heterocycles. The molecule has 0 aliphatic carbocycles. The average molecular weight is 239 g/mol. The Labute approximate surface area is 95.0 Å². The van der Waals surface area contributed by atoms with Gasteiger partial charge in [0.05, 0.1) is 12.8 Å². The molecule has 84 valence electrons. The van der Waals surface area contributed by atoms with Crippen LogP contribution in [0.1, 0.15) is 11.9 Å². The molecule has 7 nitrogen and oxygen atoms in total. The van der Waals surface area contributed by atoms with Gasteiger partial charge in [-0.15, -0.1) is 5.10 Å². The molecule has 1 unspecified atom stereocenters. The highest BCUT2D eigenvalue weighted by molar-refractivity contribution is 7.09. The number of nitrogens with one attached hydrogen (secondary N) is 1. The van der Waals surface area contributed by atoms with Crippen LogP contribution in [0, 0.1) is 0 Å². The van der Waals surface area contributed by atoms with E-state index in [0.717, 1.165) is 11.4 Å². The Hall–Kier alpha value is -1.38. The molecule has 0 spiro atoms. The Morgan fingerprint density at radius 3 is 3.25 bits per heavy atom. The minimum absolute atomic E-state index is 0.132. The second-order valence-electron chi connectivity index (χ2n) is 3.30. The Morgan fingerprint density at radius 2 is 2.50 bits per heavy atom. The van der Waals surface area contributed by atoms with Gasteiger partial charge in [0.25, 0.3) is 5.89 Å². The molecule has 2 aromatic rings. The molecule has 1 aliphatic rings.